The van der Waals surface area contributed by atoms with E-state index in [1.54, 1.807) is 18.3 Å². The summed E-state index contributed by atoms with van der Waals surface area (Å²) in [6.45, 7) is 9.48. The highest BCUT2D eigenvalue weighted by Gasteiger charge is 2.24. The van der Waals surface area contributed by atoms with Gasteiger partial charge in [-0.3, -0.25) is 4.90 Å². The number of fused-ring (bicyclic) bond motifs is 1. The minimum atomic E-state index is -0.323. The summed E-state index contributed by atoms with van der Waals surface area (Å²) >= 11 is 0. The Morgan fingerprint density at radius 1 is 0.973 bits per heavy atom. The standard InChI is InChI=1S/C29H33N3O5/c1-21(2)37-29(33)25-6-4-12-30-28(25)32-15-13-31(14-16-32)19-22-8-10-24(11-9-22)36-20-23-5-3-7-26-27(23)35-18-17-34-26/h3-12,21H,13-20H2,1-2H3. The summed E-state index contributed by atoms with van der Waals surface area (Å²) in [6, 6.07) is 17.7. The predicted octanol–water partition coefficient (Wildman–Crippen LogP) is 4.32. The number of esters is 1. The van der Waals surface area contributed by atoms with E-state index in [1.165, 1.54) is 5.56 Å². The molecule has 8 nitrogen and oxygen atoms in total. The van der Waals surface area contributed by atoms with Gasteiger partial charge < -0.3 is 23.8 Å². The topological polar surface area (TPSA) is 73.4 Å². The van der Waals surface area contributed by atoms with Crippen LogP contribution < -0.4 is 19.1 Å². The van der Waals surface area contributed by atoms with Gasteiger partial charge in [0.1, 0.15) is 37.0 Å². The Bertz CT molecular complexity index is 1210. The van der Waals surface area contributed by atoms with E-state index in [-0.39, 0.29) is 12.1 Å². The number of piperazine rings is 1. The van der Waals surface area contributed by atoms with Gasteiger partial charge in [0.2, 0.25) is 0 Å². The van der Waals surface area contributed by atoms with Crippen LogP contribution in [0.15, 0.2) is 60.8 Å². The van der Waals surface area contributed by atoms with Crippen LogP contribution in [0.5, 0.6) is 17.2 Å². The van der Waals surface area contributed by atoms with E-state index in [1.807, 2.05) is 44.2 Å². The van der Waals surface area contributed by atoms with Crippen molar-refractivity contribution in [1.29, 1.82) is 0 Å². The van der Waals surface area contributed by atoms with E-state index in [0.717, 1.165) is 55.5 Å². The van der Waals surface area contributed by atoms with Crippen LogP contribution in [0, 0.1) is 0 Å². The average Bonchev–Trinajstić information content (AvgIpc) is 2.93. The molecule has 37 heavy (non-hydrogen) atoms. The molecule has 2 aromatic carbocycles. The number of ether oxygens (including phenoxy) is 4. The van der Waals surface area contributed by atoms with Crippen LogP contribution in [0.4, 0.5) is 5.82 Å². The highest BCUT2D eigenvalue weighted by molar-refractivity contribution is 5.94. The number of nitrogens with zero attached hydrogens (tertiary/aromatic N) is 3. The Hall–Kier alpha value is -3.78. The lowest BCUT2D eigenvalue weighted by Gasteiger charge is -2.36. The molecule has 0 amide bonds. The molecule has 2 aliphatic rings. The van der Waals surface area contributed by atoms with Gasteiger partial charge >= 0.3 is 5.97 Å². The first-order chi connectivity index (χ1) is 18.1. The van der Waals surface area contributed by atoms with Crippen molar-refractivity contribution in [2.75, 3.05) is 44.3 Å². The van der Waals surface area contributed by atoms with Crippen molar-refractivity contribution < 1.29 is 23.7 Å². The highest BCUT2D eigenvalue weighted by Crippen LogP contribution is 2.34. The SMILES string of the molecule is CC(C)OC(=O)c1cccnc1N1CCN(Cc2ccc(OCc3cccc4c3OCCO4)cc2)CC1. The lowest BCUT2D eigenvalue weighted by atomic mass is 10.1. The maximum absolute atomic E-state index is 12.5. The zero-order valence-corrected chi connectivity index (χ0v) is 21.4. The van der Waals surface area contributed by atoms with E-state index < -0.39 is 0 Å². The third kappa shape index (κ3) is 6.14. The number of carbonyl (C=O) groups excluding carboxylic acids is 1. The Balaban J connectivity index is 1.13. The van der Waals surface area contributed by atoms with Gasteiger partial charge in [-0.25, -0.2) is 9.78 Å². The second-order valence-corrected chi connectivity index (χ2v) is 9.47. The van der Waals surface area contributed by atoms with Gasteiger partial charge in [-0.05, 0) is 49.7 Å². The summed E-state index contributed by atoms with van der Waals surface area (Å²) in [5.41, 5.74) is 2.73. The van der Waals surface area contributed by atoms with E-state index in [9.17, 15) is 4.79 Å². The second-order valence-electron chi connectivity index (χ2n) is 9.47. The van der Waals surface area contributed by atoms with Gasteiger partial charge in [0.15, 0.2) is 11.5 Å². The molecule has 0 aliphatic carbocycles. The van der Waals surface area contributed by atoms with Crippen molar-refractivity contribution in [3.8, 4) is 17.2 Å². The number of para-hydroxylation sites is 1. The van der Waals surface area contributed by atoms with Gasteiger partial charge in [-0.2, -0.15) is 0 Å². The molecule has 5 rings (SSSR count). The minimum absolute atomic E-state index is 0.165. The summed E-state index contributed by atoms with van der Waals surface area (Å²) < 4.78 is 22.9. The normalized spacial score (nSPS) is 15.5. The molecule has 0 spiro atoms. The average molecular weight is 504 g/mol. The Kier molecular flexibility index (Phi) is 7.75. The summed E-state index contributed by atoms with van der Waals surface area (Å²) in [7, 11) is 0. The number of carbonyl (C=O) groups is 1. The van der Waals surface area contributed by atoms with Crippen LogP contribution in [0.2, 0.25) is 0 Å². The maximum Gasteiger partial charge on any atom is 0.342 e. The largest absolute Gasteiger partial charge is 0.489 e. The van der Waals surface area contributed by atoms with Gasteiger partial charge in [0.25, 0.3) is 0 Å². The number of aromatic nitrogens is 1. The van der Waals surface area contributed by atoms with Gasteiger partial charge in [0.05, 0.1) is 6.10 Å². The molecule has 3 aromatic rings. The van der Waals surface area contributed by atoms with Crippen LogP contribution in [0.1, 0.15) is 35.3 Å². The molecule has 0 radical (unpaired) electrons. The van der Waals surface area contributed by atoms with E-state index in [4.69, 9.17) is 18.9 Å². The zero-order valence-electron chi connectivity index (χ0n) is 21.4. The molecular formula is C29H33N3O5. The molecule has 0 saturated carbocycles. The van der Waals surface area contributed by atoms with Gasteiger partial charge in [-0.1, -0.05) is 24.3 Å². The molecule has 0 unspecified atom stereocenters. The van der Waals surface area contributed by atoms with Crippen molar-refractivity contribution in [1.82, 2.24) is 9.88 Å². The molecule has 2 aliphatic heterocycles. The van der Waals surface area contributed by atoms with Crippen molar-refractivity contribution in [2.45, 2.75) is 33.1 Å². The van der Waals surface area contributed by atoms with Crippen molar-refractivity contribution in [3.63, 3.8) is 0 Å². The smallest absolute Gasteiger partial charge is 0.342 e. The number of hydrogen-bond acceptors (Lipinski definition) is 8. The fourth-order valence-corrected chi connectivity index (χ4v) is 4.56. The van der Waals surface area contributed by atoms with Gasteiger partial charge in [0, 0.05) is 44.5 Å². The zero-order chi connectivity index (χ0) is 25.6. The first kappa shape index (κ1) is 24.9. The van der Waals surface area contributed by atoms with Crippen molar-refractivity contribution in [3.05, 3.63) is 77.5 Å². The van der Waals surface area contributed by atoms with E-state index in [0.29, 0.717) is 31.2 Å². The molecule has 0 bridgehead atoms. The first-order valence-electron chi connectivity index (χ1n) is 12.8. The summed E-state index contributed by atoms with van der Waals surface area (Å²) in [5, 5.41) is 0. The number of hydrogen-bond donors (Lipinski definition) is 0. The monoisotopic (exact) mass is 503 g/mol. The highest BCUT2D eigenvalue weighted by atomic mass is 16.6. The Morgan fingerprint density at radius 2 is 1.76 bits per heavy atom. The number of rotatable bonds is 8. The molecule has 1 saturated heterocycles. The van der Waals surface area contributed by atoms with Gasteiger partial charge in [-0.15, -0.1) is 0 Å². The summed E-state index contributed by atoms with van der Waals surface area (Å²) in [4.78, 5) is 21.6. The lowest BCUT2D eigenvalue weighted by Crippen LogP contribution is -2.46. The van der Waals surface area contributed by atoms with E-state index >= 15 is 0 Å². The lowest BCUT2D eigenvalue weighted by molar-refractivity contribution is 0.0378. The van der Waals surface area contributed by atoms with E-state index in [2.05, 4.69) is 26.9 Å². The number of pyridine rings is 1. The molecular weight excluding hydrogens is 470 g/mol. The molecule has 194 valence electrons. The molecule has 1 aromatic heterocycles. The Labute approximate surface area is 217 Å². The fraction of sp³-hybridized carbons (Fsp3) is 0.379. The fourth-order valence-electron chi connectivity index (χ4n) is 4.56. The third-order valence-corrected chi connectivity index (χ3v) is 6.39. The molecule has 8 heteroatoms. The molecule has 0 atom stereocenters. The molecule has 1 fully saturated rings. The summed E-state index contributed by atoms with van der Waals surface area (Å²) in [5.74, 6) is 2.75. The quantitative estimate of drug-likeness (QED) is 0.421. The van der Waals surface area contributed by atoms with Crippen molar-refractivity contribution >= 4 is 11.8 Å². The van der Waals surface area contributed by atoms with Crippen LogP contribution in [0.25, 0.3) is 0 Å². The Morgan fingerprint density at radius 3 is 2.54 bits per heavy atom. The predicted molar refractivity (Wildman–Crippen MR) is 140 cm³/mol. The van der Waals surface area contributed by atoms with Crippen LogP contribution in [-0.4, -0.2) is 61.3 Å². The second kappa shape index (κ2) is 11.5. The molecule has 3 heterocycles. The van der Waals surface area contributed by atoms with Crippen LogP contribution in [-0.2, 0) is 17.9 Å². The third-order valence-electron chi connectivity index (χ3n) is 6.39. The van der Waals surface area contributed by atoms with Crippen LogP contribution in [0.3, 0.4) is 0 Å². The number of anilines is 1. The van der Waals surface area contributed by atoms with Crippen molar-refractivity contribution in [2.24, 2.45) is 0 Å². The number of benzene rings is 2. The summed E-state index contributed by atoms with van der Waals surface area (Å²) in [6.07, 6.45) is 1.56. The molecule has 0 N–H and O–H groups in total. The minimum Gasteiger partial charge on any atom is -0.489 e. The van der Waals surface area contributed by atoms with Crippen LogP contribution >= 0.6 is 0 Å². The first-order valence-corrected chi connectivity index (χ1v) is 12.8. The maximum atomic E-state index is 12.5.